The van der Waals surface area contributed by atoms with Crippen molar-refractivity contribution in [3.8, 4) is 0 Å². The van der Waals surface area contributed by atoms with Gasteiger partial charge in [-0.2, -0.15) is 0 Å². The van der Waals surface area contributed by atoms with Crippen LogP contribution in [-0.4, -0.2) is 16.5 Å². The van der Waals surface area contributed by atoms with Gasteiger partial charge in [0.2, 0.25) is 0 Å². The summed E-state index contributed by atoms with van der Waals surface area (Å²) in [7, 11) is 0. The van der Waals surface area contributed by atoms with Gasteiger partial charge in [-0.15, -0.1) is 0 Å². The van der Waals surface area contributed by atoms with E-state index in [1.165, 1.54) is 6.42 Å². The molecule has 2 atom stereocenters. The Balaban J connectivity index is 2.13. The van der Waals surface area contributed by atoms with Crippen LogP contribution >= 0.6 is 0 Å². The first-order chi connectivity index (χ1) is 7.20. The number of aromatic nitrogens is 2. The number of hydrogen-bond donors (Lipinski definition) is 1. The maximum absolute atomic E-state index is 4.61. The van der Waals surface area contributed by atoms with Gasteiger partial charge in [0.05, 0.1) is 5.69 Å². The lowest BCUT2D eigenvalue weighted by molar-refractivity contribution is 0.695. The Morgan fingerprint density at radius 2 is 2.20 bits per heavy atom. The van der Waals surface area contributed by atoms with E-state index >= 15 is 0 Å². The van der Waals surface area contributed by atoms with E-state index in [1.807, 2.05) is 6.92 Å². The van der Waals surface area contributed by atoms with Crippen LogP contribution in [0.4, 0.5) is 0 Å². The molecular formula is C12H19N3. The van der Waals surface area contributed by atoms with Crippen molar-refractivity contribution in [3.63, 3.8) is 0 Å². The largest absolute Gasteiger partial charge is 0.311 e. The third-order valence-corrected chi connectivity index (χ3v) is 2.92. The number of aryl methyl sites for hydroxylation is 1. The van der Waals surface area contributed by atoms with Crippen LogP contribution in [0.25, 0.3) is 0 Å². The summed E-state index contributed by atoms with van der Waals surface area (Å²) in [6, 6.07) is 2.07. The summed E-state index contributed by atoms with van der Waals surface area (Å²) in [4.78, 5) is 9.13. The molecule has 2 rings (SSSR count). The average molecular weight is 205 g/mol. The van der Waals surface area contributed by atoms with Gasteiger partial charge < -0.3 is 5.32 Å². The van der Waals surface area contributed by atoms with Crippen LogP contribution in [-0.2, 0) is 6.54 Å². The van der Waals surface area contributed by atoms with E-state index in [0.717, 1.165) is 36.2 Å². The minimum atomic E-state index is 0.616. The zero-order chi connectivity index (χ0) is 10.8. The second-order valence-electron chi connectivity index (χ2n) is 4.46. The van der Waals surface area contributed by atoms with Crippen molar-refractivity contribution in [2.75, 3.05) is 6.54 Å². The molecule has 1 aliphatic carbocycles. The summed E-state index contributed by atoms with van der Waals surface area (Å²) in [6.45, 7) is 8.26. The highest BCUT2D eigenvalue weighted by molar-refractivity contribution is 5.16. The van der Waals surface area contributed by atoms with E-state index in [2.05, 4.69) is 35.2 Å². The van der Waals surface area contributed by atoms with Crippen molar-refractivity contribution in [3.05, 3.63) is 23.3 Å². The summed E-state index contributed by atoms with van der Waals surface area (Å²) in [6.07, 6.45) is 1.25. The zero-order valence-corrected chi connectivity index (χ0v) is 9.75. The molecule has 0 radical (unpaired) electrons. The molecule has 82 valence electrons. The Labute approximate surface area is 91.3 Å². The lowest BCUT2D eigenvalue weighted by Crippen LogP contribution is -2.14. The lowest BCUT2D eigenvalue weighted by Gasteiger charge is -2.05. The molecule has 0 spiro atoms. The highest BCUT2D eigenvalue weighted by Crippen LogP contribution is 2.45. The first kappa shape index (κ1) is 10.6. The van der Waals surface area contributed by atoms with Gasteiger partial charge in [-0.05, 0) is 31.9 Å². The molecule has 1 aromatic heterocycles. The van der Waals surface area contributed by atoms with E-state index in [9.17, 15) is 0 Å². The van der Waals surface area contributed by atoms with Crippen molar-refractivity contribution >= 4 is 0 Å². The quantitative estimate of drug-likeness (QED) is 0.817. The fraction of sp³-hybridized carbons (Fsp3) is 0.667. The van der Waals surface area contributed by atoms with Crippen LogP contribution in [0.5, 0.6) is 0 Å². The third kappa shape index (κ3) is 2.53. The van der Waals surface area contributed by atoms with Crippen molar-refractivity contribution < 1.29 is 0 Å². The van der Waals surface area contributed by atoms with Gasteiger partial charge in [0, 0.05) is 18.2 Å². The minimum Gasteiger partial charge on any atom is -0.311 e. The van der Waals surface area contributed by atoms with E-state index < -0.39 is 0 Å². The minimum absolute atomic E-state index is 0.616. The number of rotatable bonds is 4. The Bertz CT molecular complexity index is 349. The van der Waals surface area contributed by atoms with Crippen molar-refractivity contribution in [1.82, 2.24) is 15.3 Å². The topological polar surface area (TPSA) is 37.8 Å². The van der Waals surface area contributed by atoms with Crippen LogP contribution < -0.4 is 5.32 Å². The van der Waals surface area contributed by atoms with Crippen LogP contribution in [0.1, 0.15) is 43.4 Å². The molecule has 1 saturated carbocycles. The van der Waals surface area contributed by atoms with Gasteiger partial charge in [0.15, 0.2) is 0 Å². The van der Waals surface area contributed by atoms with E-state index in [-0.39, 0.29) is 0 Å². The predicted octanol–water partition coefficient (Wildman–Crippen LogP) is 2.02. The van der Waals surface area contributed by atoms with Gasteiger partial charge in [0.1, 0.15) is 5.82 Å². The second-order valence-corrected chi connectivity index (χ2v) is 4.46. The third-order valence-electron chi connectivity index (χ3n) is 2.92. The van der Waals surface area contributed by atoms with E-state index in [0.29, 0.717) is 5.92 Å². The van der Waals surface area contributed by atoms with Crippen LogP contribution in [0.3, 0.4) is 0 Å². The molecule has 1 aromatic rings. The van der Waals surface area contributed by atoms with Crippen LogP contribution in [0.15, 0.2) is 6.07 Å². The standard InChI is InChI=1S/C12H19N3/c1-4-13-7-10-6-9(3)14-12(15-10)11-5-8(11)2/h6,8,11,13H,4-5,7H2,1-3H3. The molecular weight excluding hydrogens is 186 g/mol. The highest BCUT2D eigenvalue weighted by atomic mass is 14.9. The van der Waals surface area contributed by atoms with Crippen molar-refractivity contribution in [1.29, 1.82) is 0 Å². The smallest absolute Gasteiger partial charge is 0.132 e. The Hall–Kier alpha value is -0.960. The van der Waals surface area contributed by atoms with Gasteiger partial charge in [-0.25, -0.2) is 9.97 Å². The lowest BCUT2D eigenvalue weighted by atomic mass is 10.2. The Kier molecular flexibility index (Phi) is 3.00. The molecule has 2 unspecified atom stereocenters. The molecule has 1 fully saturated rings. The molecule has 3 nitrogen and oxygen atoms in total. The van der Waals surface area contributed by atoms with Gasteiger partial charge in [0.25, 0.3) is 0 Å². The number of nitrogens with one attached hydrogen (secondary N) is 1. The fourth-order valence-electron chi connectivity index (χ4n) is 1.85. The molecule has 0 saturated heterocycles. The zero-order valence-electron chi connectivity index (χ0n) is 9.75. The van der Waals surface area contributed by atoms with Crippen molar-refractivity contribution in [2.45, 2.75) is 39.7 Å². The monoisotopic (exact) mass is 205 g/mol. The Morgan fingerprint density at radius 1 is 1.47 bits per heavy atom. The normalized spacial score (nSPS) is 24.2. The predicted molar refractivity (Wildman–Crippen MR) is 60.7 cm³/mol. The fourth-order valence-corrected chi connectivity index (χ4v) is 1.85. The summed E-state index contributed by atoms with van der Waals surface area (Å²) in [5.74, 6) is 2.44. The van der Waals surface area contributed by atoms with Gasteiger partial charge in [-0.3, -0.25) is 0 Å². The maximum Gasteiger partial charge on any atom is 0.132 e. The van der Waals surface area contributed by atoms with Gasteiger partial charge >= 0.3 is 0 Å². The van der Waals surface area contributed by atoms with Gasteiger partial charge in [-0.1, -0.05) is 13.8 Å². The summed E-state index contributed by atoms with van der Waals surface area (Å²) >= 11 is 0. The van der Waals surface area contributed by atoms with E-state index in [4.69, 9.17) is 0 Å². The highest BCUT2D eigenvalue weighted by Gasteiger charge is 2.36. The first-order valence-electron chi connectivity index (χ1n) is 5.76. The van der Waals surface area contributed by atoms with Crippen molar-refractivity contribution in [2.24, 2.45) is 5.92 Å². The molecule has 0 aromatic carbocycles. The molecule has 0 aliphatic heterocycles. The number of nitrogens with zero attached hydrogens (tertiary/aromatic N) is 2. The van der Waals surface area contributed by atoms with Crippen LogP contribution in [0.2, 0.25) is 0 Å². The summed E-state index contributed by atoms with van der Waals surface area (Å²) < 4.78 is 0. The molecule has 0 amide bonds. The number of hydrogen-bond acceptors (Lipinski definition) is 3. The summed E-state index contributed by atoms with van der Waals surface area (Å²) in [5.41, 5.74) is 2.21. The molecule has 3 heteroatoms. The second kappa shape index (κ2) is 4.27. The molecule has 1 aliphatic rings. The van der Waals surface area contributed by atoms with E-state index in [1.54, 1.807) is 0 Å². The summed E-state index contributed by atoms with van der Waals surface area (Å²) in [5, 5.41) is 3.30. The van der Waals surface area contributed by atoms with Crippen LogP contribution in [0, 0.1) is 12.8 Å². The first-order valence-corrected chi connectivity index (χ1v) is 5.76. The molecule has 0 bridgehead atoms. The molecule has 15 heavy (non-hydrogen) atoms. The average Bonchev–Trinajstić information content (AvgIpc) is 2.92. The molecule has 1 N–H and O–H groups in total. The Morgan fingerprint density at radius 3 is 2.80 bits per heavy atom. The maximum atomic E-state index is 4.61. The SMILES string of the molecule is CCNCc1cc(C)nc(C2CC2C)n1. The molecule has 1 heterocycles.